The molecule has 1 heterocycles. The third kappa shape index (κ3) is 7.31. The SMILES string of the molecule is CCOc1ccc(OCC)c(NC(N)=NCc2ccnc(SC(C)(C)C)c2)c1. The van der Waals surface area contributed by atoms with Crippen LogP contribution < -0.4 is 20.5 Å². The van der Waals surface area contributed by atoms with Crippen molar-refractivity contribution in [3.8, 4) is 11.5 Å². The minimum absolute atomic E-state index is 0.108. The van der Waals surface area contributed by atoms with Gasteiger partial charge in [0.05, 0.1) is 30.5 Å². The number of thioether (sulfide) groups is 1. The van der Waals surface area contributed by atoms with Gasteiger partial charge in [0.2, 0.25) is 0 Å². The Hall–Kier alpha value is -2.41. The summed E-state index contributed by atoms with van der Waals surface area (Å²) in [5.74, 6) is 1.77. The van der Waals surface area contributed by atoms with E-state index in [1.807, 2.05) is 44.2 Å². The Bertz CT molecular complexity index is 803. The first-order valence-electron chi connectivity index (χ1n) is 9.41. The molecular formula is C21H30N4O2S. The predicted molar refractivity (Wildman–Crippen MR) is 118 cm³/mol. The Balaban J connectivity index is 2.10. The molecule has 6 nitrogen and oxygen atoms in total. The summed E-state index contributed by atoms with van der Waals surface area (Å²) in [4.78, 5) is 8.87. The summed E-state index contributed by atoms with van der Waals surface area (Å²) in [6.07, 6.45) is 1.81. The predicted octanol–water partition coefficient (Wildman–Crippen LogP) is 4.70. The molecule has 1 aromatic heterocycles. The molecule has 0 radical (unpaired) electrons. The molecule has 0 unspecified atom stereocenters. The Morgan fingerprint density at radius 1 is 1.14 bits per heavy atom. The second kappa shape index (κ2) is 10.2. The molecule has 0 aliphatic carbocycles. The van der Waals surface area contributed by atoms with Crippen molar-refractivity contribution in [3.63, 3.8) is 0 Å². The zero-order chi connectivity index (χ0) is 20.6. The molecule has 0 aliphatic rings. The van der Waals surface area contributed by atoms with Gasteiger partial charge in [-0.2, -0.15) is 0 Å². The van der Waals surface area contributed by atoms with Crippen molar-refractivity contribution in [1.82, 2.24) is 4.98 Å². The van der Waals surface area contributed by atoms with Gasteiger partial charge in [0.25, 0.3) is 0 Å². The van der Waals surface area contributed by atoms with Gasteiger partial charge < -0.3 is 20.5 Å². The molecule has 0 fully saturated rings. The smallest absolute Gasteiger partial charge is 0.193 e. The second-order valence-corrected chi connectivity index (χ2v) is 8.91. The molecule has 152 valence electrons. The molecule has 28 heavy (non-hydrogen) atoms. The van der Waals surface area contributed by atoms with Gasteiger partial charge in [-0.1, -0.05) is 20.8 Å². The van der Waals surface area contributed by atoms with Crippen molar-refractivity contribution < 1.29 is 9.47 Å². The summed E-state index contributed by atoms with van der Waals surface area (Å²) in [5, 5.41) is 4.10. The molecule has 1 aromatic carbocycles. The van der Waals surface area contributed by atoms with E-state index in [4.69, 9.17) is 15.2 Å². The number of aromatic nitrogens is 1. The van der Waals surface area contributed by atoms with Crippen molar-refractivity contribution in [2.24, 2.45) is 10.7 Å². The highest BCUT2D eigenvalue weighted by atomic mass is 32.2. The van der Waals surface area contributed by atoms with Crippen LogP contribution in [0.4, 0.5) is 5.69 Å². The van der Waals surface area contributed by atoms with Crippen LogP contribution in [0, 0.1) is 0 Å². The van der Waals surface area contributed by atoms with Crippen molar-refractivity contribution in [2.45, 2.75) is 50.9 Å². The largest absolute Gasteiger partial charge is 0.494 e. The molecule has 0 atom stereocenters. The fraction of sp³-hybridized carbons (Fsp3) is 0.429. The van der Waals surface area contributed by atoms with Gasteiger partial charge in [-0.05, 0) is 43.7 Å². The molecule has 0 spiro atoms. The van der Waals surface area contributed by atoms with E-state index < -0.39 is 0 Å². The number of nitrogens with one attached hydrogen (secondary N) is 1. The zero-order valence-corrected chi connectivity index (χ0v) is 18.1. The molecule has 0 saturated heterocycles. The second-order valence-electron chi connectivity index (χ2n) is 7.07. The highest BCUT2D eigenvalue weighted by Crippen LogP contribution is 2.31. The van der Waals surface area contributed by atoms with Crippen LogP contribution in [0.1, 0.15) is 40.2 Å². The maximum atomic E-state index is 6.10. The Kier molecular flexibility index (Phi) is 7.99. The lowest BCUT2D eigenvalue weighted by atomic mass is 10.2. The zero-order valence-electron chi connectivity index (χ0n) is 17.3. The summed E-state index contributed by atoms with van der Waals surface area (Å²) in [6, 6.07) is 9.60. The maximum absolute atomic E-state index is 6.10. The van der Waals surface area contributed by atoms with Crippen molar-refractivity contribution in [2.75, 3.05) is 18.5 Å². The number of benzene rings is 1. The van der Waals surface area contributed by atoms with Crippen molar-refractivity contribution >= 4 is 23.4 Å². The first-order chi connectivity index (χ1) is 13.3. The number of pyridine rings is 1. The van der Waals surface area contributed by atoms with Crippen LogP contribution in [0.15, 0.2) is 46.5 Å². The lowest BCUT2D eigenvalue weighted by Gasteiger charge is -2.16. The van der Waals surface area contributed by atoms with Crippen molar-refractivity contribution in [1.29, 1.82) is 0 Å². The Labute approximate surface area is 171 Å². The number of hydrogen-bond acceptors (Lipinski definition) is 5. The molecule has 3 N–H and O–H groups in total. The number of guanidine groups is 1. The van der Waals surface area contributed by atoms with E-state index in [9.17, 15) is 0 Å². The summed E-state index contributed by atoms with van der Waals surface area (Å²) in [5.41, 5.74) is 7.89. The minimum atomic E-state index is 0.108. The number of rotatable bonds is 8. The average molecular weight is 403 g/mol. The van der Waals surface area contributed by atoms with Gasteiger partial charge in [0.1, 0.15) is 11.5 Å². The van der Waals surface area contributed by atoms with Crippen LogP contribution in [0.5, 0.6) is 11.5 Å². The van der Waals surface area contributed by atoms with Gasteiger partial charge in [0.15, 0.2) is 5.96 Å². The number of aliphatic imine (C=N–C) groups is 1. The quantitative estimate of drug-likeness (QED) is 0.378. The first-order valence-corrected chi connectivity index (χ1v) is 10.2. The van der Waals surface area contributed by atoms with E-state index in [1.54, 1.807) is 18.0 Å². The number of hydrogen-bond donors (Lipinski definition) is 2. The summed E-state index contributed by atoms with van der Waals surface area (Å²) < 4.78 is 11.3. The normalized spacial score (nSPS) is 12.0. The highest BCUT2D eigenvalue weighted by Gasteiger charge is 2.13. The van der Waals surface area contributed by atoms with Crippen LogP contribution in [-0.2, 0) is 6.54 Å². The van der Waals surface area contributed by atoms with Crippen LogP contribution in [0.2, 0.25) is 0 Å². The van der Waals surface area contributed by atoms with Gasteiger partial charge in [-0.25, -0.2) is 9.98 Å². The molecule has 0 bridgehead atoms. The number of ether oxygens (including phenoxy) is 2. The monoisotopic (exact) mass is 402 g/mol. The molecule has 2 aromatic rings. The standard InChI is InChI=1S/C21H30N4O2S/c1-6-26-16-8-9-18(27-7-2)17(13-16)25-20(22)24-14-15-10-11-23-19(12-15)28-21(3,4)5/h8-13H,6-7,14H2,1-5H3,(H3,22,24,25). The number of nitrogens with zero attached hydrogens (tertiary/aromatic N) is 2. The minimum Gasteiger partial charge on any atom is -0.494 e. The molecular weight excluding hydrogens is 372 g/mol. The first kappa shape index (κ1) is 21.9. The molecule has 2 rings (SSSR count). The molecule has 0 aliphatic heterocycles. The van der Waals surface area contributed by atoms with Gasteiger partial charge >= 0.3 is 0 Å². The van der Waals surface area contributed by atoms with E-state index in [0.717, 1.165) is 22.0 Å². The summed E-state index contributed by atoms with van der Waals surface area (Å²) >= 11 is 1.73. The number of nitrogens with two attached hydrogens (primary N) is 1. The fourth-order valence-corrected chi connectivity index (χ4v) is 3.37. The van der Waals surface area contributed by atoms with E-state index in [-0.39, 0.29) is 4.75 Å². The van der Waals surface area contributed by atoms with Crippen LogP contribution in [0.25, 0.3) is 0 Å². The third-order valence-corrected chi connectivity index (χ3v) is 4.51. The van der Waals surface area contributed by atoms with E-state index >= 15 is 0 Å². The summed E-state index contributed by atoms with van der Waals surface area (Å²) in [7, 11) is 0. The van der Waals surface area contributed by atoms with Gasteiger partial charge in [-0.15, -0.1) is 11.8 Å². The van der Waals surface area contributed by atoms with Crippen LogP contribution >= 0.6 is 11.8 Å². The Morgan fingerprint density at radius 3 is 2.57 bits per heavy atom. The third-order valence-electron chi connectivity index (χ3n) is 3.47. The maximum Gasteiger partial charge on any atom is 0.193 e. The van der Waals surface area contributed by atoms with E-state index in [2.05, 4.69) is 36.1 Å². The fourth-order valence-electron chi connectivity index (χ4n) is 2.42. The lowest BCUT2D eigenvalue weighted by molar-refractivity contribution is 0.332. The lowest BCUT2D eigenvalue weighted by Crippen LogP contribution is -2.23. The van der Waals surface area contributed by atoms with E-state index in [0.29, 0.717) is 31.5 Å². The van der Waals surface area contributed by atoms with Gasteiger partial charge in [-0.3, -0.25) is 0 Å². The average Bonchev–Trinajstić information content (AvgIpc) is 2.61. The molecule has 0 amide bonds. The van der Waals surface area contributed by atoms with Crippen molar-refractivity contribution in [3.05, 3.63) is 42.1 Å². The number of anilines is 1. The Morgan fingerprint density at radius 2 is 1.89 bits per heavy atom. The summed E-state index contributed by atoms with van der Waals surface area (Å²) in [6.45, 7) is 12.0. The highest BCUT2D eigenvalue weighted by molar-refractivity contribution is 8.00. The molecule has 7 heteroatoms. The topological polar surface area (TPSA) is 81.8 Å². The molecule has 0 saturated carbocycles. The van der Waals surface area contributed by atoms with Crippen LogP contribution in [-0.4, -0.2) is 28.9 Å². The van der Waals surface area contributed by atoms with E-state index in [1.165, 1.54) is 0 Å². The van der Waals surface area contributed by atoms with Crippen LogP contribution in [0.3, 0.4) is 0 Å². The van der Waals surface area contributed by atoms with Gasteiger partial charge in [0, 0.05) is 17.0 Å².